The number of halogens is 3. The average molecular weight is 247 g/mol. The summed E-state index contributed by atoms with van der Waals surface area (Å²) in [7, 11) is 0. The molecule has 17 heavy (non-hydrogen) atoms. The van der Waals surface area contributed by atoms with Crippen LogP contribution >= 0.6 is 0 Å². The standard InChI is InChI=1S/C12H16F3NO/c1-8(2)7-17-10-5-3-4-9(6-10)11(16)12(13,14)15/h3-6,8,11H,7,16H2,1-2H3/t11-/m1/s1. The Balaban J connectivity index is 2.79. The van der Waals surface area contributed by atoms with Crippen molar-refractivity contribution < 1.29 is 17.9 Å². The van der Waals surface area contributed by atoms with Gasteiger partial charge in [0.1, 0.15) is 11.8 Å². The Bertz CT molecular complexity index is 363. The maximum absolute atomic E-state index is 12.4. The molecule has 0 aliphatic rings. The fourth-order valence-electron chi connectivity index (χ4n) is 1.25. The van der Waals surface area contributed by atoms with E-state index in [1.54, 1.807) is 6.07 Å². The van der Waals surface area contributed by atoms with E-state index in [1.165, 1.54) is 18.2 Å². The minimum atomic E-state index is -4.43. The molecule has 0 amide bonds. The number of nitrogens with two attached hydrogens (primary N) is 1. The van der Waals surface area contributed by atoms with Crippen LogP contribution in [0.4, 0.5) is 13.2 Å². The summed E-state index contributed by atoms with van der Waals surface area (Å²) in [6.07, 6.45) is -4.43. The second kappa shape index (κ2) is 5.40. The molecule has 0 unspecified atom stereocenters. The summed E-state index contributed by atoms with van der Waals surface area (Å²) in [4.78, 5) is 0. The Morgan fingerprint density at radius 1 is 1.29 bits per heavy atom. The largest absolute Gasteiger partial charge is 0.493 e. The summed E-state index contributed by atoms with van der Waals surface area (Å²) < 4.78 is 42.6. The van der Waals surface area contributed by atoms with Crippen LogP contribution in [0.25, 0.3) is 0 Å². The van der Waals surface area contributed by atoms with Crippen LogP contribution in [0.5, 0.6) is 5.75 Å². The lowest BCUT2D eigenvalue weighted by Crippen LogP contribution is -2.28. The molecule has 0 radical (unpaired) electrons. The molecule has 1 aromatic carbocycles. The predicted molar refractivity (Wildman–Crippen MR) is 59.8 cm³/mol. The maximum Gasteiger partial charge on any atom is 0.407 e. The lowest BCUT2D eigenvalue weighted by atomic mass is 10.1. The van der Waals surface area contributed by atoms with E-state index in [9.17, 15) is 13.2 Å². The lowest BCUT2D eigenvalue weighted by Gasteiger charge is -2.17. The summed E-state index contributed by atoms with van der Waals surface area (Å²) >= 11 is 0. The van der Waals surface area contributed by atoms with Gasteiger partial charge in [-0.15, -0.1) is 0 Å². The van der Waals surface area contributed by atoms with Gasteiger partial charge in [0.15, 0.2) is 0 Å². The van der Waals surface area contributed by atoms with Crippen LogP contribution in [-0.4, -0.2) is 12.8 Å². The first kappa shape index (κ1) is 13.8. The molecule has 1 aromatic rings. The first-order valence-electron chi connectivity index (χ1n) is 5.35. The lowest BCUT2D eigenvalue weighted by molar-refractivity contribution is -0.149. The zero-order valence-corrected chi connectivity index (χ0v) is 9.79. The van der Waals surface area contributed by atoms with Crippen molar-refractivity contribution in [2.45, 2.75) is 26.1 Å². The molecule has 0 aliphatic carbocycles. The van der Waals surface area contributed by atoms with Crippen molar-refractivity contribution in [1.82, 2.24) is 0 Å². The van der Waals surface area contributed by atoms with Gasteiger partial charge in [-0.25, -0.2) is 0 Å². The smallest absolute Gasteiger partial charge is 0.407 e. The number of hydrogen-bond donors (Lipinski definition) is 1. The number of benzene rings is 1. The Morgan fingerprint density at radius 2 is 1.94 bits per heavy atom. The zero-order valence-electron chi connectivity index (χ0n) is 9.79. The summed E-state index contributed by atoms with van der Waals surface area (Å²) in [6.45, 7) is 4.39. The van der Waals surface area contributed by atoms with E-state index in [2.05, 4.69) is 0 Å². The first-order chi connectivity index (χ1) is 7.80. The van der Waals surface area contributed by atoms with E-state index < -0.39 is 12.2 Å². The summed E-state index contributed by atoms with van der Waals surface area (Å²) in [5.41, 5.74) is 5.13. The van der Waals surface area contributed by atoms with Crippen LogP contribution in [0.15, 0.2) is 24.3 Å². The van der Waals surface area contributed by atoms with E-state index in [4.69, 9.17) is 10.5 Å². The number of hydrogen-bond acceptors (Lipinski definition) is 2. The number of rotatable bonds is 4. The van der Waals surface area contributed by atoms with Gasteiger partial charge in [0.05, 0.1) is 6.61 Å². The first-order valence-corrected chi connectivity index (χ1v) is 5.35. The fourth-order valence-corrected chi connectivity index (χ4v) is 1.25. The van der Waals surface area contributed by atoms with E-state index in [1.807, 2.05) is 13.8 Å². The van der Waals surface area contributed by atoms with Crippen molar-refractivity contribution in [3.8, 4) is 5.75 Å². The Morgan fingerprint density at radius 3 is 2.47 bits per heavy atom. The molecule has 2 N–H and O–H groups in total. The van der Waals surface area contributed by atoms with Gasteiger partial charge in [-0.2, -0.15) is 13.2 Å². The number of ether oxygens (including phenoxy) is 1. The minimum Gasteiger partial charge on any atom is -0.493 e. The highest BCUT2D eigenvalue weighted by Crippen LogP contribution is 2.31. The molecular weight excluding hydrogens is 231 g/mol. The topological polar surface area (TPSA) is 35.2 Å². The maximum atomic E-state index is 12.4. The number of alkyl halides is 3. The normalized spacial score (nSPS) is 13.8. The van der Waals surface area contributed by atoms with Gasteiger partial charge in [-0.05, 0) is 23.6 Å². The van der Waals surface area contributed by atoms with E-state index in [0.29, 0.717) is 18.3 Å². The van der Waals surface area contributed by atoms with Crippen molar-refractivity contribution in [2.24, 2.45) is 11.7 Å². The van der Waals surface area contributed by atoms with Gasteiger partial charge in [0, 0.05) is 0 Å². The Kier molecular flexibility index (Phi) is 4.40. The second-order valence-corrected chi connectivity index (χ2v) is 4.30. The van der Waals surface area contributed by atoms with Crippen LogP contribution in [-0.2, 0) is 0 Å². The molecule has 0 fully saturated rings. The highest BCUT2D eigenvalue weighted by atomic mass is 19.4. The fraction of sp³-hybridized carbons (Fsp3) is 0.500. The molecule has 0 bridgehead atoms. The van der Waals surface area contributed by atoms with Crippen molar-refractivity contribution in [2.75, 3.05) is 6.61 Å². The van der Waals surface area contributed by atoms with Crippen LogP contribution in [0, 0.1) is 5.92 Å². The summed E-state index contributed by atoms with van der Waals surface area (Å²) in [6, 6.07) is 3.84. The highest BCUT2D eigenvalue weighted by Gasteiger charge is 2.37. The van der Waals surface area contributed by atoms with Crippen LogP contribution in [0.1, 0.15) is 25.5 Å². The molecule has 1 atom stereocenters. The van der Waals surface area contributed by atoms with Gasteiger partial charge in [0.25, 0.3) is 0 Å². The monoisotopic (exact) mass is 247 g/mol. The quantitative estimate of drug-likeness (QED) is 0.886. The van der Waals surface area contributed by atoms with Gasteiger partial charge < -0.3 is 10.5 Å². The molecule has 0 heterocycles. The molecule has 2 nitrogen and oxygen atoms in total. The van der Waals surface area contributed by atoms with E-state index in [-0.39, 0.29) is 5.56 Å². The summed E-state index contributed by atoms with van der Waals surface area (Å²) in [5.74, 6) is 0.728. The van der Waals surface area contributed by atoms with E-state index in [0.717, 1.165) is 0 Å². The average Bonchev–Trinajstić information content (AvgIpc) is 2.24. The second-order valence-electron chi connectivity index (χ2n) is 4.30. The van der Waals surface area contributed by atoms with Crippen molar-refractivity contribution in [1.29, 1.82) is 0 Å². The molecule has 96 valence electrons. The minimum absolute atomic E-state index is 0.0127. The van der Waals surface area contributed by atoms with Crippen LogP contribution < -0.4 is 10.5 Å². The third kappa shape index (κ3) is 4.26. The third-order valence-corrected chi connectivity index (χ3v) is 2.15. The molecule has 0 saturated carbocycles. The molecule has 5 heteroatoms. The van der Waals surface area contributed by atoms with Crippen LogP contribution in [0.3, 0.4) is 0 Å². The van der Waals surface area contributed by atoms with Gasteiger partial charge in [0.2, 0.25) is 0 Å². The molecule has 1 rings (SSSR count). The van der Waals surface area contributed by atoms with Gasteiger partial charge in [-0.1, -0.05) is 26.0 Å². The third-order valence-electron chi connectivity index (χ3n) is 2.15. The highest BCUT2D eigenvalue weighted by molar-refractivity contribution is 5.31. The summed E-state index contributed by atoms with van der Waals surface area (Å²) in [5, 5.41) is 0. The Hall–Kier alpha value is -1.23. The molecule has 0 aliphatic heterocycles. The zero-order chi connectivity index (χ0) is 13.1. The molecule has 0 aromatic heterocycles. The van der Waals surface area contributed by atoms with E-state index >= 15 is 0 Å². The Labute approximate surface area is 98.6 Å². The van der Waals surface area contributed by atoms with Crippen molar-refractivity contribution in [3.63, 3.8) is 0 Å². The van der Waals surface area contributed by atoms with Gasteiger partial charge in [-0.3, -0.25) is 0 Å². The predicted octanol–water partition coefficient (Wildman–Crippen LogP) is 3.28. The SMILES string of the molecule is CC(C)COc1cccc([C@@H](N)C(F)(F)F)c1. The van der Waals surface area contributed by atoms with Crippen molar-refractivity contribution >= 4 is 0 Å². The van der Waals surface area contributed by atoms with Crippen LogP contribution in [0.2, 0.25) is 0 Å². The molecule has 0 saturated heterocycles. The molecule has 0 spiro atoms. The molecular formula is C12H16F3NO. The van der Waals surface area contributed by atoms with Gasteiger partial charge >= 0.3 is 6.18 Å². The van der Waals surface area contributed by atoms with Crippen molar-refractivity contribution in [3.05, 3.63) is 29.8 Å².